The Hall–Kier alpha value is -2.45. The van der Waals surface area contributed by atoms with Crippen LogP contribution in [0.15, 0.2) is 53.4 Å². The molecular weight excluding hydrogens is 395 g/mol. The highest BCUT2D eigenvalue weighted by Crippen LogP contribution is 2.30. The minimum atomic E-state index is -3.89. The zero-order valence-electron chi connectivity index (χ0n) is 16.3. The van der Waals surface area contributed by atoms with Crippen LogP contribution < -0.4 is 10.1 Å². The Balaban J connectivity index is 1.55. The third-order valence-electron chi connectivity index (χ3n) is 5.12. The van der Waals surface area contributed by atoms with E-state index in [0.717, 1.165) is 24.1 Å². The fourth-order valence-electron chi connectivity index (χ4n) is 3.47. The molecule has 3 rings (SSSR count). The molecule has 0 saturated carbocycles. The van der Waals surface area contributed by atoms with Gasteiger partial charge in [0.05, 0.1) is 7.11 Å². The fraction of sp³-hybridized carbons (Fsp3) is 0.381. The molecule has 1 fully saturated rings. The Morgan fingerprint density at radius 2 is 1.86 bits per heavy atom. The molecule has 1 saturated heterocycles. The second kappa shape index (κ2) is 9.37. The van der Waals surface area contributed by atoms with Crippen LogP contribution in [-0.2, 0) is 21.2 Å². The maximum absolute atomic E-state index is 13.6. The van der Waals surface area contributed by atoms with Crippen molar-refractivity contribution in [3.05, 3.63) is 59.9 Å². The number of nitrogens with zero attached hydrogens (tertiary/aromatic N) is 1. The lowest BCUT2D eigenvalue weighted by Crippen LogP contribution is -2.43. The number of halogens is 1. The summed E-state index contributed by atoms with van der Waals surface area (Å²) in [6.07, 6.45) is 1.60. The number of benzene rings is 2. The number of ether oxygens (including phenoxy) is 1. The van der Waals surface area contributed by atoms with Crippen molar-refractivity contribution in [1.82, 2.24) is 9.62 Å². The van der Waals surface area contributed by atoms with Gasteiger partial charge in [-0.25, -0.2) is 12.8 Å². The van der Waals surface area contributed by atoms with E-state index in [4.69, 9.17) is 4.74 Å². The van der Waals surface area contributed by atoms with Gasteiger partial charge in [-0.2, -0.15) is 4.31 Å². The quantitative estimate of drug-likeness (QED) is 0.747. The minimum Gasteiger partial charge on any atom is -0.495 e. The molecule has 0 spiro atoms. The second-order valence-corrected chi connectivity index (χ2v) is 8.91. The molecule has 8 heteroatoms. The minimum absolute atomic E-state index is 0.0543. The van der Waals surface area contributed by atoms with Crippen molar-refractivity contribution in [3.8, 4) is 5.75 Å². The van der Waals surface area contributed by atoms with Crippen molar-refractivity contribution in [2.24, 2.45) is 5.92 Å². The van der Waals surface area contributed by atoms with Gasteiger partial charge in [0.1, 0.15) is 16.5 Å². The van der Waals surface area contributed by atoms with E-state index in [1.165, 1.54) is 17.5 Å². The predicted molar refractivity (Wildman–Crippen MR) is 108 cm³/mol. The first-order valence-corrected chi connectivity index (χ1v) is 11.0. The van der Waals surface area contributed by atoms with Crippen LogP contribution in [0.4, 0.5) is 4.39 Å². The number of rotatable bonds is 7. The molecule has 0 radical (unpaired) electrons. The first-order valence-electron chi connectivity index (χ1n) is 9.57. The largest absolute Gasteiger partial charge is 0.495 e. The number of carbonyl (C=O) groups is 1. The van der Waals surface area contributed by atoms with E-state index in [1.54, 1.807) is 0 Å². The van der Waals surface area contributed by atoms with Gasteiger partial charge in [-0.05, 0) is 43.0 Å². The van der Waals surface area contributed by atoms with Crippen molar-refractivity contribution in [1.29, 1.82) is 0 Å². The summed E-state index contributed by atoms with van der Waals surface area (Å²) in [5.41, 5.74) is 1.15. The Morgan fingerprint density at radius 1 is 1.17 bits per heavy atom. The molecule has 0 bridgehead atoms. The summed E-state index contributed by atoms with van der Waals surface area (Å²) in [6, 6.07) is 13.3. The molecule has 156 valence electrons. The summed E-state index contributed by atoms with van der Waals surface area (Å²) < 4.78 is 45.8. The SMILES string of the molecule is COc1ccc(F)cc1S(=O)(=O)N1CCC(C(=O)NCCc2ccccc2)CC1. The highest BCUT2D eigenvalue weighted by molar-refractivity contribution is 7.89. The lowest BCUT2D eigenvalue weighted by Gasteiger charge is -2.30. The molecular formula is C21H25FN2O4S. The normalized spacial score (nSPS) is 15.8. The molecule has 1 heterocycles. The number of amides is 1. The highest BCUT2D eigenvalue weighted by Gasteiger charge is 2.33. The third-order valence-corrected chi connectivity index (χ3v) is 7.04. The lowest BCUT2D eigenvalue weighted by molar-refractivity contribution is -0.126. The molecule has 2 aromatic rings. The standard InChI is InChI=1S/C21H25FN2O4S/c1-28-19-8-7-18(22)15-20(19)29(26,27)24-13-10-17(11-14-24)21(25)23-12-9-16-5-3-2-4-6-16/h2-8,15,17H,9-14H2,1H3,(H,23,25). The Bertz CT molecular complexity index is 942. The van der Waals surface area contributed by atoms with Gasteiger partial charge >= 0.3 is 0 Å². The van der Waals surface area contributed by atoms with Crippen molar-refractivity contribution in [3.63, 3.8) is 0 Å². The van der Waals surface area contributed by atoms with Crippen LogP contribution in [0.2, 0.25) is 0 Å². The van der Waals surface area contributed by atoms with Gasteiger partial charge in [-0.1, -0.05) is 30.3 Å². The van der Waals surface area contributed by atoms with E-state index in [2.05, 4.69) is 5.32 Å². The summed E-state index contributed by atoms with van der Waals surface area (Å²) in [7, 11) is -2.55. The second-order valence-electron chi connectivity index (χ2n) is 7.00. The van der Waals surface area contributed by atoms with Crippen LogP contribution >= 0.6 is 0 Å². The van der Waals surface area contributed by atoms with E-state index in [1.807, 2.05) is 30.3 Å². The van der Waals surface area contributed by atoms with Crippen LogP contribution in [-0.4, -0.2) is 45.4 Å². The van der Waals surface area contributed by atoms with Crippen molar-refractivity contribution in [2.45, 2.75) is 24.2 Å². The zero-order valence-corrected chi connectivity index (χ0v) is 17.1. The van der Waals surface area contributed by atoms with Gasteiger partial charge in [0.25, 0.3) is 0 Å². The number of methoxy groups -OCH3 is 1. The number of sulfonamides is 1. The van der Waals surface area contributed by atoms with E-state index < -0.39 is 15.8 Å². The summed E-state index contributed by atoms with van der Waals surface area (Å²) in [5.74, 6) is -0.822. The van der Waals surface area contributed by atoms with Crippen molar-refractivity contribution in [2.75, 3.05) is 26.7 Å². The number of piperidine rings is 1. The van der Waals surface area contributed by atoms with Crippen molar-refractivity contribution < 1.29 is 22.3 Å². The van der Waals surface area contributed by atoms with E-state index in [9.17, 15) is 17.6 Å². The van der Waals surface area contributed by atoms with Crippen LogP contribution in [0.25, 0.3) is 0 Å². The van der Waals surface area contributed by atoms with Gasteiger partial charge < -0.3 is 10.1 Å². The van der Waals surface area contributed by atoms with Gasteiger partial charge in [0.15, 0.2) is 0 Å². The number of hydrogen-bond acceptors (Lipinski definition) is 4. The van der Waals surface area contributed by atoms with Crippen molar-refractivity contribution >= 4 is 15.9 Å². The Morgan fingerprint density at radius 3 is 2.52 bits per heavy atom. The smallest absolute Gasteiger partial charge is 0.246 e. The number of carbonyl (C=O) groups excluding carboxylic acids is 1. The summed E-state index contributed by atoms with van der Waals surface area (Å²) in [6.45, 7) is 0.958. The molecule has 0 aliphatic carbocycles. The maximum atomic E-state index is 13.6. The van der Waals surface area contributed by atoms with E-state index in [-0.39, 0.29) is 35.6 Å². The van der Waals surface area contributed by atoms with Crippen LogP contribution in [0, 0.1) is 11.7 Å². The number of nitrogens with one attached hydrogen (secondary N) is 1. The van der Waals surface area contributed by atoms with Gasteiger partial charge in [-0.15, -0.1) is 0 Å². The Labute approximate surface area is 170 Å². The molecule has 0 aromatic heterocycles. The third kappa shape index (κ3) is 5.13. The Kier molecular flexibility index (Phi) is 6.87. The summed E-state index contributed by atoms with van der Waals surface area (Å²) >= 11 is 0. The molecule has 0 unspecified atom stereocenters. The van der Waals surface area contributed by atoms with Crippen LogP contribution in [0.1, 0.15) is 18.4 Å². The fourth-order valence-corrected chi connectivity index (χ4v) is 5.11. The van der Waals surface area contributed by atoms with Gasteiger partial charge in [-0.3, -0.25) is 4.79 Å². The highest BCUT2D eigenvalue weighted by atomic mass is 32.2. The average Bonchev–Trinajstić information content (AvgIpc) is 2.74. The van der Waals surface area contributed by atoms with E-state index >= 15 is 0 Å². The molecule has 1 aliphatic heterocycles. The molecule has 0 atom stereocenters. The maximum Gasteiger partial charge on any atom is 0.246 e. The van der Waals surface area contributed by atoms with Crippen LogP contribution in [0.3, 0.4) is 0 Å². The molecule has 2 aromatic carbocycles. The lowest BCUT2D eigenvalue weighted by atomic mass is 9.97. The molecule has 1 aliphatic rings. The topological polar surface area (TPSA) is 75.7 Å². The zero-order chi connectivity index (χ0) is 20.9. The molecule has 1 N–H and O–H groups in total. The molecule has 6 nitrogen and oxygen atoms in total. The predicted octanol–water partition coefficient (Wildman–Crippen LogP) is 2.59. The molecule has 29 heavy (non-hydrogen) atoms. The number of hydrogen-bond donors (Lipinski definition) is 1. The first-order chi connectivity index (χ1) is 13.9. The molecule has 1 amide bonds. The van der Waals surface area contributed by atoms with Gasteiger partial charge in [0.2, 0.25) is 15.9 Å². The van der Waals surface area contributed by atoms with Crippen LogP contribution in [0.5, 0.6) is 5.75 Å². The average molecular weight is 421 g/mol. The van der Waals surface area contributed by atoms with E-state index in [0.29, 0.717) is 19.4 Å². The summed E-state index contributed by atoms with van der Waals surface area (Å²) in [5, 5.41) is 2.94. The monoisotopic (exact) mass is 420 g/mol. The summed E-state index contributed by atoms with van der Waals surface area (Å²) in [4.78, 5) is 12.2. The van der Waals surface area contributed by atoms with Gasteiger partial charge in [0, 0.05) is 25.6 Å². The first kappa shape index (κ1) is 21.3.